The summed E-state index contributed by atoms with van der Waals surface area (Å²) in [6.45, 7) is 2.15. The van der Waals surface area contributed by atoms with Crippen LogP contribution < -0.4 is 10.6 Å². The molecule has 0 aliphatic carbocycles. The number of nitrogens with one attached hydrogen (secondary N) is 2. The van der Waals surface area contributed by atoms with Crippen LogP contribution >= 0.6 is 0 Å². The number of esters is 1. The molecule has 0 aromatic heterocycles. The molecule has 0 saturated carbocycles. The van der Waals surface area contributed by atoms with Crippen LogP contribution in [0.1, 0.15) is 23.2 Å². The van der Waals surface area contributed by atoms with Gasteiger partial charge in [0.15, 0.2) is 0 Å². The van der Waals surface area contributed by atoms with E-state index in [4.69, 9.17) is 4.74 Å². The van der Waals surface area contributed by atoms with Crippen molar-refractivity contribution in [1.29, 1.82) is 0 Å². The van der Waals surface area contributed by atoms with Crippen molar-refractivity contribution in [3.63, 3.8) is 0 Å². The quantitative estimate of drug-likeness (QED) is 0.832. The van der Waals surface area contributed by atoms with E-state index in [1.165, 1.54) is 7.11 Å². The summed E-state index contributed by atoms with van der Waals surface area (Å²) in [7, 11) is 1.32. The highest BCUT2D eigenvalue weighted by atomic mass is 16.5. The first kappa shape index (κ1) is 15.3. The molecule has 1 heterocycles. The molecular weight excluding hydrogens is 272 g/mol. The van der Waals surface area contributed by atoms with Crippen LogP contribution in [0.15, 0.2) is 24.3 Å². The van der Waals surface area contributed by atoms with Crippen molar-refractivity contribution in [2.45, 2.75) is 12.8 Å². The second-order valence-electron chi connectivity index (χ2n) is 4.96. The largest absolute Gasteiger partial charge is 0.465 e. The molecule has 2 N–H and O–H groups in total. The topological polar surface area (TPSA) is 76.7 Å². The van der Waals surface area contributed by atoms with Gasteiger partial charge < -0.3 is 20.1 Å². The molecule has 0 radical (unpaired) electrons. The Hall–Kier alpha value is -2.08. The molecule has 1 saturated heterocycles. The number of carbonyl (C=O) groups is 2. The molecular formula is C15H20N2O4. The SMILES string of the molecule is COC(=O)c1cccc(NC(=O)NCC2CCOCC2)c1. The van der Waals surface area contributed by atoms with Crippen molar-refractivity contribution < 1.29 is 19.1 Å². The van der Waals surface area contributed by atoms with E-state index in [0.717, 1.165) is 26.1 Å². The van der Waals surface area contributed by atoms with Crippen LogP contribution in [-0.2, 0) is 9.47 Å². The molecule has 21 heavy (non-hydrogen) atoms. The van der Waals surface area contributed by atoms with Crippen LogP contribution in [0.4, 0.5) is 10.5 Å². The Morgan fingerprint density at radius 2 is 2.10 bits per heavy atom. The molecule has 114 valence electrons. The minimum absolute atomic E-state index is 0.275. The summed E-state index contributed by atoms with van der Waals surface area (Å²) in [5.74, 6) is 0.0344. The van der Waals surface area contributed by atoms with Crippen molar-refractivity contribution in [3.8, 4) is 0 Å². The minimum Gasteiger partial charge on any atom is -0.465 e. The highest BCUT2D eigenvalue weighted by Gasteiger charge is 2.14. The number of benzene rings is 1. The molecule has 0 unspecified atom stereocenters. The minimum atomic E-state index is -0.429. The fraction of sp³-hybridized carbons (Fsp3) is 0.467. The lowest BCUT2D eigenvalue weighted by Gasteiger charge is -2.22. The standard InChI is InChI=1S/C15H20N2O4/c1-20-14(18)12-3-2-4-13(9-12)17-15(19)16-10-11-5-7-21-8-6-11/h2-4,9,11H,5-8,10H2,1H3,(H2,16,17,19). The Morgan fingerprint density at radius 1 is 1.33 bits per heavy atom. The third-order valence-electron chi connectivity index (χ3n) is 3.43. The maximum Gasteiger partial charge on any atom is 0.337 e. The van der Waals surface area contributed by atoms with Crippen LogP contribution in [0.3, 0.4) is 0 Å². The zero-order valence-electron chi connectivity index (χ0n) is 12.1. The van der Waals surface area contributed by atoms with Gasteiger partial charge in [0.2, 0.25) is 0 Å². The zero-order valence-corrected chi connectivity index (χ0v) is 12.1. The van der Waals surface area contributed by atoms with Gasteiger partial charge in [-0.2, -0.15) is 0 Å². The van der Waals surface area contributed by atoms with Crippen molar-refractivity contribution in [3.05, 3.63) is 29.8 Å². The van der Waals surface area contributed by atoms with E-state index in [1.54, 1.807) is 24.3 Å². The number of amides is 2. The average Bonchev–Trinajstić information content (AvgIpc) is 2.53. The second-order valence-corrected chi connectivity index (χ2v) is 4.96. The first-order valence-electron chi connectivity index (χ1n) is 7.00. The van der Waals surface area contributed by atoms with Crippen molar-refractivity contribution in [2.75, 3.05) is 32.2 Å². The van der Waals surface area contributed by atoms with Crippen LogP contribution in [0, 0.1) is 5.92 Å². The molecule has 2 rings (SSSR count). The maximum atomic E-state index is 11.8. The van der Waals surface area contributed by atoms with Gasteiger partial charge in [0.1, 0.15) is 0 Å². The predicted octanol–water partition coefficient (Wildman–Crippen LogP) is 2.02. The van der Waals surface area contributed by atoms with Crippen LogP contribution in [-0.4, -0.2) is 38.9 Å². The van der Waals surface area contributed by atoms with Crippen molar-refractivity contribution in [1.82, 2.24) is 5.32 Å². The van der Waals surface area contributed by atoms with Gasteiger partial charge in [-0.25, -0.2) is 9.59 Å². The number of ether oxygens (including phenoxy) is 2. The number of urea groups is 1. The van der Waals surface area contributed by atoms with Crippen molar-refractivity contribution >= 4 is 17.7 Å². The first-order chi connectivity index (χ1) is 10.2. The molecule has 6 heteroatoms. The number of rotatable bonds is 4. The number of methoxy groups -OCH3 is 1. The predicted molar refractivity (Wildman–Crippen MR) is 78.3 cm³/mol. The van der Waals surface area contributed by atoms with E-state index in [9.17, 15) is 9.59 Å². The fourth-order valence-corrected chi connectivity index (χ4v) is 2.20. The van der Waals surface area contributed by atoms with Gasteiger partial charge in [-0.3, -0.25) is 0 Å². The molecule has 1 aliphatic heterocycles. The Morgan fingerprint density at radius 3 is 2.81 bits per heavy atom. The van der Waals surface area contributed by atoms with E-state index in [2.05, 4.69) is 15.4 Å². The summed E-state index contributed by atoms with van der Waals surface area (Å²) in [4.78, 5) is 23.3. The summed E-state index contributed by atoms with van der Waals surface area (Å²) in [5, 5.41) is 5.55. The number of hydrogen-bond acceptors (Lipinski definition) is 4. The van der Waals surface area contributed by atoms with Gasteiger partial charge in [0.25, 0.3) is 0 Å². The van der Waals surface area contributed by atoms with Gasteiger partial charge in [-0.1, -0.05) is 6.07 Å². The van der Waals surface area contributed by atoms with Crippen LogP contribution in [0.25, 0.3) is 0 Å². The molecule has 1 aromatic carbocycles. The summed E-state index contributed by atoms with van der Waals surface area (Å²) < 4.78 is 9.92. The molecule has 0 spiro atoms. The van der Waals surface area contributed by atoms with Gasteiger partial charge >= 0.3 is 12.0 Å². The third kappa shape index (κ3) is 4.75. The summed E-state index contributed by atoms with van der Waals surface area (Å²) in [6.07, 6.45) is 1.94. The average molecular weight is 292 g/mol. The highest BCUT2D eigenvalue weighted by Crippen LogP contribution is 2.14. The Kier molecular flexibility index (Phi) is 5.57. The normalized spacial score (nSPS) is 15.3. The molecule has 1 aromatic rings. The van der Waals surface area contributed by atoms with E-state index in [-0.39, 0.29) is 6.03 Å². The third-order valence-corrected chi connectivity index (χ3v) is 3.43. The highest BCUT2D eigenvalue weighted by molar-refractivity contribution is 5.93. The number of carbonyl (C=O) groups excluding carboxylic acids is 2. The molecule has 2 amide bonds. The number of hydrogen-bond donors (Lipinski definition) is 2. The van der Waals surface area contributed by atoms with Gasteiger partial charge in [0, 0.05) is 25.4 Å². The second kappa shape index (κ2) is 7.64. The van der Waals surface area contributed by atoms with E-state index in [1.807, 2.05) is 0 Å². The summed E-state index contributed by atoms with van der Waals surface area (Å²) >= 11 is 0. The van der Waals surface area contributed by atoms with Gasteiger partial charge in [0.05, 0.1) is 12.7 Å². The maximum absolute atomic E-state index is 11.8. The Labute approximate surface area is 123 Å². The molecule has 0 bridgehead atoms. The Balaban J connectivity index is 1.83. The lowest BCUT2D eigenvalue weighted by atomic mass is 10.0. The monoisotopic (exact) mass is 292 g/mol. The molecule has 6 nitrogen and oxygen atoms in total. The van der Waals surface area contributed by atoms with E-state index in [0.29, 0.717) is 23.7 Å². The fourth-order valence-electron chi connectivity index (χ4n) is 2.20. The van der Waals surface area contributed by atoms with Gasteiger partial charge in [-0.05, 0) is 37.0 Å². The summed E-state index contributed by atoms with van der Waals surface area (Å²) in [5.41, 5.74) is 0.960. The lowest BCUT2D eigenvalue weighted by Crippen LogP contribution is -2.35. The first-order valence-corrected chi connectivity index (χ1v) is 7.00. The lowest BCUT2D eigenvalue weighted by molar-refractivity contribution is 0.0600. The van der Waals surface area contributed by atoms with Crippen LogP contribution in [0.5, 0.6) is 0 Å². The smallest absolute Gasteiger partial charge is 0.337 e. The summed E-state index contributed by atoms with van der Waals surface area (Å²) in [6, 6.07) is 6.36. The van der Waals surface area contributed by atoms with Crippen LogP contribution in [0.2, 0.25) is 0 Å². The Bertz CT molecular complexity index is 498. The van der Waals surface area contributed by atoms with Gasteiger partial charge in [-0.15, -0.1) is 0 Å². The van der Waals surface area contributed by atoms with Crippen molar-refractivity contribution in [2.24, 2.45) is 5.92 Å². The zero-order chi connectivity index (χ0) is 15.1. The molecule has 1 aliphatic rings. The molecule has 1 fully saturated rings. The van der Waals surface area contributed by atoms with E-state index < -0.39 is 5.97 Å². The van der Waals surface area contributed by atoms with E-state index >= 15 is 0 Å². The number of anilines is 1. The molecule has 0 atom stereocenters.